The van der Waals surface area contributed by atoms with E-state index in [1.807, 2.05) is 36.4 Å². The Bertz CT molecular complexity index is 1460. The number of fused-ring (bicyclic) bond motifs is 2. The van der Waals surface area contributed by atoms with Gasteiger partial charge in [0.25, 0.3) is 0 Å². The second kappa shape index (κ2) is 13.7. The fraction of sp³-hybridized carbons (Fsp3) is 0.355. The van der Waals surface area contributed by atoms with Gasteiger partial charge in [-0.1, -0.05) is 0 Å². The van der Waals surface area contributed by atoms with Crippen molar-refractivity contribution in [2.24, 2.45) is 0 Å². The van der Waals surface area contributed by atoms with Crippen molar-refractivity contribution in [1.29, 1.82) is 0 Å². The SMILES string of the molecule is COCCOCCOCCOc1ccc(-c2sc(-c3sc(-c4ccc(O)cc4)c4c3OCCO4)c3c2OCCO3)cc1. The molecule has 2 aromatic carbocycles. The van der Waals surface area contributed by atoms with Gasteiger partial charge in [-0.2, -0.15) is 0 Å². The fourth-order valence-electron chi connectivity index (χ4n) is 4.58. The third-order valence-corrected chi connectivity index (χ3v) is 9.12. The van der Waals surface area contributed by atoms with E-state index in [0.29, 0.717) is 71.8 Å². The van der Waals surface area contributed by atoms with Crippen molar-refractivity contribution >= 4 is 22.7 Å². The van der Waals surface area contributed by atoms with Gasteiger partial charge in [0.05, 0.1) is 52.5 Å². The van der Waals surface area contributed by atoms with Gasteiger partial charge in [0, 0.05) is 7.11 Å². The van der Waals surface area contributed by atoms with Crippen LogP contribution in [-0.4, -0.2) is 78.3 Å². The van der Waals surface area contributed by atoms with Crippen LogP contribution in [0, 0.1) is 0 Å². The molecule has 0 fully saturated rings. The summed E-state index contributed by atoms with van der Waals surface area (Å²) in [5, 5.41) is 9.79. The Morgan fingerprint density at radius 1 is 0.571 bits per heavy atom. The summed E-state index contributed by atoms with van der Waals surface area (Å²) in [7, 11) is 1.65. The van der Waals surface area contributed by atoms with Crippen LogP contribution in [0.3, 0.4) is 0 Å². The summed E-state index contributed by atoms with van der Waals surface area (Å²) in [4.78, 5) is 3.81. The lowest BCUT2D eigenvalue weighted by Crippen LogP contribution is -2.15. The van der Waals surface area contributed by atoms with Crippen LogP contribution >= 0.6 is 22.7 Å². The molecule has 0 aliphatic carbocycles. The van der Waals surface area contributed by atoms with E-state index < -0.39 is 0 Å². The average Bonchev–Trinajstić information content (AvgIpc) is 3.60. The van der Waals surface area contributed by atoms with Gasteiger partial charge in [-0.3, -0.25) is 0 Å². The van der Waals surface area contributed by atoms with Crippen molar-refractivity contribution in [3.05, 3.63) is 48.5 Å². The number of phenolic OH excluding ortho intramolecular Hbond substituents is 1. The number of aromatic hydroxyl groups is 1. The quantitative estimate of drug-likeness (QED) is 0.179. The van der Waals surface area contributed by atoms with E-state index in [2.05, 4.69) is 0 Å². The van der Waals surface area contributed by atoms with Gasteiger partial charge < -0.3 is 43.0 Å². The van der Waals surface area contributed by atoms with Crippen LogP contribution in [0.25, 0.3) is 30.6 Å². The third kappa shape index (κ3) is 6.30. The van der Waals surface area contributed by atoms with Crippen molar-refractivity contribution in [1.82, 2.24) is 0 Å². The number of hydrogen-bond acceptors (Lipinski definition) is 11. The van der Waals surface area contributed by atoms with E-state index in [-0.39, 0.29) is 5.75 Å². The van der Waals surface area contributed by atoms with Crippen LogP contribution in [-0.2, 0) is 14.2 Å². The molecule has 0 saturated carbocycles. The number of ether oxygens (including phenoxy) is 8. The minimum absolute atomic E-state index is 0.216. The van der Waals surface area contributed by atoms with Crippen LogP contribution in [0.4, 0.5) is 0 Å². The van der Waals surface area contributed by atoms with E-state index in [4.69, 9.17) is 37.9 Å². The van der Waals surface area contributed by atoms with Crippen LogP contribution in [0.2, 0.25) is 0 Å². The zero-order valence-electron chi connectivity index (χ0n) is 23.2. The summed E-state index contributed by atoms with van der Waals surface area (Å²) in [5.41, 5.74) is 1.95. The molecule has 0 bridgehead atoms. The van der Waals surface area contributed by atoms with Gasteiger partial charge in [0.1, 0.15) is 44.5 Å². The number of rotatable bonds is 13. The van der Waals surface area contributed by atoms with E-state index in [0.717, 1.165) is 53.6 Å². The highest BCUT2D eigenvalue weighted by molar-refractivity contribution is 7.26. The molecule has 1 N–H and O–H groups in total. The van der Waals surface area contributed by atoms with Gasteiger partial charge in [0.15, 0.2) is 23.0 Å². The van der Waals surface area contributed by atoms with E-state index >= 15 is 0 Å². The lowest BCUT2D eigenvalue weighted by molar-refractivity contribution is 0.0180. The van der Waals surface area contributed by atoms with E-state index in [9.17, 15) is 5.11 Å². The maximum Gasteiger partial charge on any atom is 0.181 e. The van der Waals surface area contributed by atoms with Crippen LogP contribution < -0.4 is 23.7 Å². The lowest BCUT2D eigenvalue weighted by atomic mass is 10.1. The topological polar surface area (TPSA) is 94.1 Å². The molecule has 42 heavy (non-hydrogen) atoms. The maximum atomic E-state index is 9.79. The molecule has 222 valence electrons. The first-order chi connectivity index (χ1) is 20.7. The monoisotopic (exact) mass is 612 g/mol. The summed E-state index contributed by atoms with van der Waals surface area (Å²) in [6, 6.07) is 15.1. The first-order valence-electron chi connectivity index (χ1n) is 13.7. The first kappa shape index (κ1) is 28.6. The highest BCUT2D eigenvalue weighted by Crippen LogP contribution is 2.61. The lowest BCUT2D eigenvalue weighted by Gasteiger charge is -2.19. The van der Waals surface area contributed by atoms with Crippen LogP contribution in [0.5, 0.6) is 34.5 Å². The molecule has 4 aromatic rings. The molecule has 0 unspecified atom stereocenters. The van der Waals surface area contributed by atoms with Crippen molar-refractivity contribution in [2.45, 2.75) is 0 Å². The molecular formula is C31H32O9S2. The summed E-state index contributed by atoms with van der Waals surface area (Å²) in [5.74, 6) is 3.87. The summed E-state index contributed by atoms with van der Waals surface area (Å²) >= 11 is 3.20. The molecular weight excluding hydrogens is 580 g/mol. The molecule has 2 aromatic heterocycles. The maximum absolute atomic E-state index is 9.79. The predicted molar refractivity (Wildman–Crippen MR) is 161 cm³/mol. The van der Waals surface area contributed by atoms with Crippen LogP contribution in [0.15, 0.2) is 48.5 Å². The van der Waals surface area contributed by atoms with Crippen molar-refractivity contribution in [3.8, 4) is 65.1 Å². The zero-order chi connectivity index (χ0) is 28.7. The first-order valence-corrected chi connectivity index (χ1v) is 15.4. The number of phenols is 1. The zero-order valence-corrected chi connectivity index (χ0v) is 24.9. The van der Waals surface area contributed by atoms with Gasteiger partial charge in [0.2, 0.25) is 0 Å². The highest BCUT2D eigenvalue weighted by Gasteiger charge is 2.33. The molecule has 0 atom stereocenters. The molecule has 0 spiro atoms. The Morgan fingerprint density at radius 3 is 1.50 bits per heavy atom. The van der Waals surface area contributed by atoms with Crippen molar-refractivity contribution in [2.75, 3.05) is 73.2 Å². The van der Waals surface area contributed by atoms with E-state index in [1.165, 1.54) is 0 Å². The normalized spacial score (nSPS) is 13.7. The number of thiophene rings is 2. The standard InChI is InChI=1S/C31H32O9S2/c1-33-10-11-34-12-13-35-14-15-36-23-8-4-21(5-9-23)29-25-27(40-19-17-38-25)31(42-29)30-26-24(37-16-18-39-26)28(41-30)20-2-6-22(32)7-3-20/h2-9,32H,10-19H2,1H3. The predicted octanol–water partition coefficient (Wildman–Crippen LogP) is 6.12. The van der Waals surface area contributed by atoms with Crippen molar-refractivity contribution in [3.63, 3.8) is 0 Å². The molecule has 9 nitrogen and oxygen atoms in total. The molecule has 0 radical (unpaired) electrons. The smallest absolute Gasteiger partial charge is 0.181 e. The summed E-state index contributed by atoms with van der Waals surface area (Å²) in [6.45, 7) is 5.01. The summed E-state index contributed by atoms with van der Waals surface area (Å²) in [6.07, 6.45) is 0. The Labute approximate surface area is 252 Å². The average molecular weight is 613 g/mol. The third-order valence-electron chi connectivity index (χ3n) is 6.55. The number of benzene rings is 2. The molecule has 11 heteroatoms. The molecule has 2 aliphatic rings. The van der Waals surface area contributed by atoms with Gasteiger partial charge in [-0.15, -0.1) is 22.7 Å². The molecule has 2 aliphatic heterocycles. The van der Waals surface area contributed by atoms with Crippen molar-refractivity contribution < 1.29 is 43.0 Å². The number of hydrogen-bond donors (Lipinski definition) is 1. The number of methoxy groups -OCH3 is 1. The van der Waals surface area contributed by atoms with Crippen LogP contribution in [0.1, 0.15) is 0 Å². The Hall–Kier alpha value is -3.48. The minimum Gasteiger partial charge on any atom is -0.508 e. The summed E-state index contributed by atoms with van der Waals surface area (Å²) < 4.78 is 46.3. The molecule has 4 heterocycles. The minimum atomic E-state index is 0.216. The fourth-order valence-corrected chi connectivity index (χ4v) is 7.09. The van der Waals surface area contributed by atoms with E-state index in [1.54, 1.807) is 41.9 Å². The second-order valence-electron chi connectivity index (χ2n) is 9.37. The molecule has 0 amide bonds. The molecule has 6 rings (SSSR count). The van der Waals surface area contributed by atoms with Gasteiger partial charge >= 0.3 is 0 Å². The Balaban J connectivity index is 1.20. The highest BCUT2D eigenvalue weighted by atomic mass is 32.1. The largest absolute Gasteiger partial charge is 0.508 e. The van der Waals surface area contributed by atoms with Gasteiger partial charge in [-0.05, 0) is 59.7 Å². The Kier molecular flexibility index (Phi) is 9.31. The van der Waals surface area contributed by atoms with Gasteiger partial charge in [-0.25, -0.2) is 0 Å². The second-order valence-corrected chi connectivity index (χ2v) is 11.4. The Morgan fingerprint density at radius 2 is 1.00 bits per heavy atom. The molecule has 0 saturated heterocycles.